The van der Waals surface area contributed by atoms with E-state index in [9.17, 15) is 35.9 Å². The zero-order chi connectivity index (χ0) is 27.1. The molecule has 3 N–H and O–H groups in total. The largest absolute Gasteiger partial charge is 0.465 e. The van der Waals surface area contributed by atoms with Crippen molar-refractivity contribution in [3.05, 3.63) is 29.7 Å². The van der Waals surface area contributed by atoms with Crippen LogP contribution in [0.4, 0.5) is 35.9 Å². The Kier molecular flexibility index (Phi) is 7.30. The van der Waals surface area contributed by atoms with E-state index in [2.05, 4.69) is 10.1 Å². The minimum atomic E-state index is -4.65. The Morgan fingerprint density at radius 2 is 1.97 bits per heavy atom. The lowest BCUT2D eigenvalue weighted by Crippen LogP contribution is -2.40. The van der Waals surface area contributed by atoms with E-state index in [1.807, 2.05) is 10.6 Å². The van der Waals surface area contributed by atoms with Crippen LogP contribution in [0.2, 0.25) is 0 Å². The third kappa shape index (κ3) is 5.74. The van der Waals surface area contributed by atoms with E-state index in [0.717, 1.165) is 18.7 Å². The Bertz CT molecular complexity index is 1120. The predicted molar refractivity (Wildman–Crippen MR) is 111 cm³/mol. The molecular weight excluding hydrogens is 502 g/mol. The number of halogens is 6. The average Bonchev–Trinajstić information content (AvgIpc) is 3.33. The zero-order valence-corrected chi connectivity index (χ0v) is 19.3. The number of carboxylic acid groups (broad SMARTS) is 1. The fourth-order valence-corrected chi connectivity index (χ4v) is 3.80. The smallest absolute Gasteiger partial charge is 0.410 e. The van der Waals surface area contributed by atoms with Gasteiger partial charge in [0.15, 0.2) is 5.65 Å². The number of amides is 3. The third-order valence-corrected chi connectivity index (χ3v) is 5.91. The van der Waals surface area contributed by atoms with Gasteiger partial charge in [-0.15, -0.1) is 0 Å². The predicted octanol–water partition coefficient (Wildman–Crippen LogP) is 3.66. The molecular formula is C20H24F6N6O4. The highest BCUT2D eigenvalue weighted by Gasteiger charge is 2.50. The highest BCUT2D eigenvalue weighted by Crippen LogP contribution is 2.43. The summed E-state index contributed by atoms with van der Waals surface area (Å²) in [6.45, 7) is 1.02. The first-order valence-corrected chi connectivity index (χ1v) is 10.6. The minimum Gasteiger partial charge on any atom is -0.465 e. The molecule has 0 radical (unpaired) electrons. The number of hydrogen-bond acceptors (Lipinski definition) is 5. The van der Waals surface area contributed by atoms with E-state index in [0.29, 0.717) is 0 Å². The van der Waals surface area contributed by atoms with Crippen LogP contribution in [0, 0.1) is 5.41 Å². The van der Waals surface area contributed by atoms with Crippen molar-refractivity contribution in [3.63, 3.8) is 0 Å². The van der Waals surface area contributed by atoms with Crippen molar-refractivity contribution in [1.82, 2.24) is 30.1 Å². The standard InChI is InChI=1S/C20H24F6N6O4/c1-18(2,20(24,25)26)5-11(29-17(34)35)12-7-32-15(28-12)4-10(6-27-32)13(9-36-3)31-8-14(19(21,22)23)30-16(31)33/h4,6-7,11,13-14,29H,5,8-9H2,1-3H3,(H,30,33)(H,34,35)/t11-,13+,14?/m0/s1. The monoisotopic (exact) mass is 526 g/mol. The number of alkyl halides is 6. The Balaban J connectivity index is 1.94. The summed E-state index contributed by atoms with van der Waals surface area (Å²) in [7, 11) is 1.30. The van der Waals surface area contributed by atoms with E-state index in [1.54, 1.807) is 0 Å². The summed E-state index contributed by atoms with van der Waals surface area (Å²) in [4.78, 5) is 28.6. The SMILES string of the molecule is COC[C@H](c1cnn2cc([C@H](CC(C)(C)C(F)(F)F)NC(=O)O)nc2c1)N1CC(C(F)(F)F)NC1=O. The normalized spacial score (nSPS) is 18.9. The van der Waals surface area contributed by atoms with Crippen molar-refractivity contribution in [2.75, 3.05) is 20.3 Å². The quantitative estimate of drug-likeness (QED) is 0.452. The number of nitrogens with zero attached hydrogens (tertiary/aromatic N) is 4. The molecule has 3 heterocycles. The van der Waals surface area contributed by atoms with Gasteiger partial charge in [0.2, 0.25) is 0 Å². The van der Waals surface area contributed by atoms with Crippen molar-refractivity contribution < 1.29 is 45.8 Å². The molecule has 3 rings (SSSR count). The van der Waals surface area contributed by atoms with Crippen LogP contribution >= 0.6 is 0 Å². The summed E-state index contributed by atoms with van der Waals surface area (Å²) in [5, 5.41) is 17.1. The van der Waals surface area contributed by atoms with Gasteiger partial charge in [0, 0.05) is 12.7 Å². The molecule has 1 aliphatic heterocycles. The Morgan fingerprint density at radius 1 is 1.31 bits per heavy atom. The van der Waals surface area contributed by atoms with Gasteiger partial charge in [0.05, 0.1) is 48.7 Å². The van der Waals surface area contributed by atoms with Crippen LogP contribution < -0.4 is 10.6 Å². The van der Waals surface area contributed by atoms with Gasteiger partial charge >= 0.3 is 24.5 Å². The van der Waals surface area contributed by atoms with Crippen LogP contribution in [0.1, 0.15) is 43.6 Å². The molecule has 10 nitrogen and oxygen atoms in total. The maximum absolute atomic E-state index is 13.4. The van der Waals surface area contributed by atoms with Gasteiger partial charge in [-0.25, -0.2) is 19.1 Å². The van der Waals surface area contributed by atoms with Crippen LogP contribution in [0.3, 0.4) is 0 Å². The number of aromatic nitrogens is 3. The fraction of sp³-hybridized carbons (Fsp3) is 0.600. The van der Waals surface area contributed by atoms with Crippen molar-refractivity contribution in [2.45, 2.75) is 50.7 Å². The molecule has 3 amide bonds. The molecule has 1 unspecified atom stereocenters. The number of fused-ring (bicyclic) bond motifs is 1. The van der Waals surface area contributed by atoms with Gasteiger partial charge in [0.1, 0.15) is 6.04 Å². The minimum absolute atomic E-state index is 0.0429. The molecule has 36 heavy (non-hydrogen) atoms. The van der Waals surface area contributed by atoms with Gasteiger partial charge in [-0.05, 0) is 12.5 Å². The summed E-state index contributed by atoms with van der Waals surface area (Å²) in [5.74, 6) is 0. The summed E-state index contributed by atoms with van der Waals surface area (Å²) in [6.07, 6.45) is -8.97. The van der Waals surface area contributed by atoms with Crippen LogP contribution in [0.15, 0.2) is 18.5 Å². The number of ether oxygens (including phenoxy) is 1. The Morgan fingerprint density at radius 3 is 2.50 bits per heavy atom. The van der Waals surface area contributed by atoms with Crippen molar-refractivity contribution >= 4 is 17.8 Å². The van der Waals surface area contributed by atoms with Gasteiger partial charge in [-0.3, -0.25) is 0 Å². The van der Waals surface area contributed by atoms with E-state index in [4.69, 9.17) is 9.84 Å². The van der Waals surface area contributed by atoms with Crippen LogP contribution in [-0.4, -0.2) is 75.4 Å². The molecule has 16 heteroatoms. The van der Waals surface area contributed by atoms with Crippen LogP contribution in [0.25, 0.3) is 5.65 Å². The number of nitrogens with one attached hydrogen (secondary N) is 2. The van der Waals surface area contributed by atoms with E-state index < -0.39 is 61.0 Å². The molecule has 0 aliphatic carbocycles. The maximum Gasteiger partial charge on any atom is 0.410 e. The second kappa shape index (κ2) is 9.63. The second-order valence-electron chi connectivity index (χ2n) is 9.01. The van der Waals surface area contributed by atoms with Gasteiger partial charge in [-0.2, -0.15) is 31.4 Å². The molecule has 3 atom stereocenters. The Labute approximate surface area is 200 Å². The molecule has 1 fully saturated rings. The summed E-state index contributed by atoms with van der Waals surface area (Å²) >= 11 is 0. The maximum atomic E-state index is 13.4. The first-order chi connectivity index (χ1) is 16.5. The third-order valence-electron chi connectivity index (χ3n) is 5.91. The summed E-state index contributed by atoms with van der Waals surface area (Å²) in [5.41, 5.74) is -1.95. The zero-order valence-electron chi connectivity index (χ0n) is 19.3. The van der Waals surface area contributed by atoms with Crippen molar-refractivity contribution in [3.8, 4) is 0 Å². The number of carbonyl (C=O) groups excluding carboxylic acids is 1. The first kappa shape index (κ1) is 27.3. The summed E-state index contributed by atoms with van der Waals surface area (Å²) < 4.78 is 85.8. The fourth-order valence-electron chi connectivity index (χ4n) is 3.80. The topological polar surface area (TPSA) is 121 Å². The molecule has 0 spiro atoms. The van der Waals surface area contributed by atoms with E-state index in [-0.39, 0.29) is 23.5 Å². The van der Waals surface area contributed by atoms with Gasteiger partial charge < -0.3 is 25.4 Å². The number of rotatable bonds is 8. The highest BCUT2D eigenvalue weighted by molar-refractivity contribution is 5.77. The number of urea groups is 1. The molecule has 0 saturated carbocycles. The number of carbonyl (C=O) groups is 2. The van der Waals surface area contributed by atoms with Gasteiger partial charge in [-0.1, -0.05) is 13.8 Å². The molecule has 0 aromatic carbocycles. The molecule has 1 aliphatic rings. The lowest BCUT2D eigenvalue weighted by molar-refractivity contribution is -0.215. The number of imidazole rings is 1. The summed E-state index contributed by atoms with van der Waals surface area (Å²) in [6, 6.07) is -3.95. The van der Waals surface area contributed by atoms with E-state index in [1.165, 1.54) is 30.1 Å². The van der Waals surface area contributed by atoms with Gasteiger partial charge in [0.25, 0.3) is 0 Å². The average molecular weight is 526 g/mol. The lowest BCUT2D eigenvalue weighted by atomic mass is 9.84. The van der Waals surface area contributed by atoms with E-state index >= 15 is 0 Å². The Hall–Kier alpha value is -3.30. The van der Waals surface area contributed by atoms with Crippen LogP contribution in [0.5, 0.6) is 0 Å². The second-order valence-corrected chi connectivity index (χ2v) is 9.01. The van der Waals surface area contributed by atoms with Crippen LogP contribution in [-0.2, 0) is 4.74 Å². The molecule has 200 valence electrons. The lowest BCUT2D eigenvalue weighted by Gasteiger charge is -2.31. The molecule has 0 bridgehead atoms. The number of hydrogen-bond donors (Lipinski definition) is 3. The molecule has 1 saturated heterocycles. The molecule has 2 aromatic heterocycles. The number of methoxy groups -OCH3 is 1. The highest BCUT2D eigenvalue weighted by atomic mass is 19.4. The van der Waals surface area contributed by atoms with Crippen molar-refractivity contribution in [1.29, 1.82) is 0 Å². The van der Waals surface area contributed by atoms with Crippen molar-refractivity contribution in [2.24, 2.45) is 5.41 Å². The first-order valence-electron chi connectivity index (χ1n) is 10.6. The molecule has 2 aromatic rings.